The molecule has 0 aliphatic heterocycles. The van der Waals surface area contributed by atoms with E-state index in [0.29, 0.717) is 0 Å². The largest absolute Gasteiger partial charge is 0.308 e. The van der Waals surface area contributed by atoms with Crippen molar-refractivity contribution < 1.29 is 0 Å². The van der Waals surface area contributed by atoms with Crippen LogP contribution in [0.4, 0.5) is 0 Å². The second-order valence-electron chi connectivity index (χ2n) is 6.12. The first-order valence-corrected chi connectivity index (χ1v) is 6.82. The van der Waals surface area contributed by atoms with E-state index in [0.717, 1.165) is 19.6 Å². The van der Waals surface area contributed by atoms with E-state index in [9.17, 15) is 0 Å². The van der Waals surface area contributed by atoms with Gasteiger partial charge in [-0.05, 0) is 55.0 Å². The molecule has 0 amide bonds. The minimum absolute atomic E-state index is 0.235. The average Bonchev–Trinajstić information content (AvgIpc) is 2.25. The third kappa shape index (κ3) is 4.11. The second kappa shape index (κ2) is 6.35. The minimum atomic E-state index is 0.235. The molecule has 2 nitrogen and oxygen atoms in total. The zero-order valence-electron chi connectivity index (χ0n) is 12.8. The Hall–Kier alpha value is -0.860. The molecule has 1 aromatic carbocycles. The standard InChI is InChI=1S/C16H28N2/c1-12-9-14(16(3,4)5)10-13(2)15(12)7-8-18-11-17-6/h9-10,17-18H,7-8,11H2,1-6H3. The van der Waals surface area contributed by atoms with Crippen molar-refractivity contribution in [2.24, 2.45) is 0 Å². The highest BCUT2D eigenvalue weighted by molar-refractivity contribution is 5.40. The molecule has 0 saturated carbocycles. The van der Waals surface area contributed by atoms with Crippen LogP contribution >= 0.6 is 0 Å². The Balaban J connectivity index is 2.82. The van der Waals surface area contributed by atoms with Crippen LogP contribution in [0.1, 0.15) is 43.0 Å². The van der Waals surface area contributed by atoms with Gasteiger partial charge in [-0.2, -0.15) is 0 Å². The molecule has 0 atom stereocenters. The number of rotatable bonds is 5. The zero-order valence-corrected chi connectivity index (χ0v) is 12.8. The van der Waals surface area contributed by atoms with Gasteiger partial charge >= 0.3 is 0 Å². The van der Waals surface area contributed by atoms with Gasteiger partial charge in [-0.1, -0.05) is 32.9 Å². The van der Waals surface area contributed by atoms with Crippen LogP contribution in [-0.2, 0) is 11.8 Å². The molecule has 0 aromatic heterocycles. The van der Waals surface area contributed by atoms with Gasteiger partial charge in [0.1, 0.15) is 0 Å². The maximum Gasteiger partial charge on any atom is 0.0451 e. The van der Waals surface area contributed by atoms with Crippen LogP contribution in [0.25, 0.3) is 0 Å². The summed E-state index contributed by atoms with van der Waals surface area (Å²) in [7, 11) is 1.96. The Bertz CT molecular complexity index is 366. The lowest BCUT2D eigenvalue weighted by Crippen LogP contribution is -2.27. The number of hydrogen-bond donors (Lipinski definition) is 2. The predicted molar refractivity (Wildman–Crippen MR) is 80.2 cm³/mol. The van der Waals surface area contributed by atoms with E-state index in [-0.39, 0.29) is 5.41 Å². The SMILES string of the molecule is CNCNCCc1c(C)cc(C(C)(C)C)cc1C. The Morgan fingerprint density at radius 2 is 1.61 bits per heavy atom. The Morgan fingerprint density at radius 3 is 2.06 bits per heavy atom. The summed E-state index contributed by atoms with van der Waals surface area (Å²) < 4.78 is 0. The average molecular weight is 248 g/mol. The topological polar surface area (TPSA) is 24.1 Å². The Kier molecular flexibility index (Phi) is 5.36. The molecule has 1 aromatic rings. The fraction of sp³-hybridized carbons (Fsp3) is 0.625. The van der Waals surface area contributed by atoms with E-state index in [4.69, 9.17) is 0 Å². The van der Waals surface area contributed by atoms with Crippen LogP contribution in [0.15, 0.2) is 12.1 Å². The fourth-order valence-electron chi connectivity index (χ4n) is 2.25. The molecule has 2 heteroatoms. The van der Waals surface area contributed by atoms with Gasteiger partial charge in [0, 0.05) is 13.2 Å². The van der Waals surface area contributed by atoms with Crippen molar-refractivity contribution in [3.05, 3.63) is 34.4 Å². The molecule has 0 radical (unpaired) electrons. The van der Waals surface area contributed by atoms with Gasteiger partial charge in [0.05, 0.1) is 0 Å². The first-order valence-electron chi connectivity index (χ1n) is 6.82. The number of nitrogens with one attached hydrogen (secondary N) is 2. The van der Waals surface area contributed by atoms with E-state index >= 15 is 0 Å². The summed E-state index contributed by atoms with van der Waals surface area (Å²) in [5.41, 5.74) is 6.01. The van der Waals surface area contributed by atoms with Crippen molar-refractivity contribution in [1.82, 2.24) is 10.6 Å². The van der Waals surface area contributed by atoms with Crippen LogP contribution in [0.2, 0.25) is 0 Å². The molecule has 1 rings (SSSR count). The van der Waals surface area contributed by atoms with Gasteiger partial charge in [0.2, 0.25) is 0 Å². The molecule has 0 aliphatic rings. The third-order valence-electron chi connectivity index (χ3n) is 3.42. The summed E-state index contributed by atoms with van der Waals surface area (Å²) in [4.78, 5) is 0. The lowest BCUT2D eigenvalue weighted by atomic mass is 9.83. The van der Waals surface area contributed by atoms with Crippen molar-refractivity contribution >= 4 is 0 Å². The summed E-state index contributed by atoms with van der Waals surface area (Å²) in [5, 5.41) is 6.47. The molecule has 0 heterocycles. The lowest BCUT2D eigenvalue weighted by molar-refractivity contribution is 0.588. The molecule has 0 spiro atoms. The first kappa shape index (κ1) is 15.2. The monoisotopic (exact) mass is 248 g/mol. The van der Waals surface area contributed by atoms with Crippen molar-refractivity contribution in [3.63, 3.8) is 0 Å². The third-order valence-corrected chi connectivity index (χ3v) is 3.42. The maximum atomic E-state index is 3.37. The van der Waals surface area contributed by atoms with Crippen molar-refractivity contribution in [2.45, 2.75) is 46.5 Å². The molecule has 2 N–H and O–H groups in total. The van der Waals surface area contributed by atoms with E-state index < -0.39 is 0 Å². The van der Waals surface area contributed by atoms with Crippen LogP contribution in [0, 0.1) is 13.8 Å². The van der Waals surface area contributed by atoms with Crippen LogP contribution in [0.3, 0.4) is 0 Å². The fourth-order valence-corrected chi connectivity index (χ4v) is 2.25. The van der Waals surface area contributed by atoms with Gasteiger partial charge in [0.15, 0.2) is 0 Å². The normalized spacial score (nSPS) is 11.9. The summed E-state index contributed by atoms with van der Waals surface area (Å²) in [6, 6.07) is 4.70. The second-order valence-corrected chi connectivity index (χ2v) is 6.12. The van der Waals surface area contributed by atoms with Gasteiger partial charge < -0.3 is 10.6 Å². The Labute approximate surface area is 112 Å². The van der Waals surface area contributed by atoms with E-state index in [1.54, 1.807) is 0 Å². The van der Waals surface area contributed by atoms with Gasteiger partial charge in [-0.25, -0.2) is 0 Å². The number of aryl methyl sites for hydroxylation is 2. The molecule has 0 fully saturated rings. The molecule has 0 saturated heterocycles. The molecular weight excluding hydrogens is 220 g/mol. The summed E-state index contributed by atoms with van der Waals surface area (Å²) in [6.45, 7) is 13.2. The van der Waals surface area contributed by atoms with Crippen molar-refractivity contribution in [1.29, 1.82) is 0 Å². The highest BCUT2D eigenvalue weighted by Gasteiger charge is 2.15. The lowest BCUT2D eigenvalue weighted by Gasteiger charge is -2.22. The summed E-state index contributed by atoms with van der Waals surface area (Å²) in [6.07, 6.45) is 1.10. The molecular formula is C16H28N2. The van der Waals surface area contributed by atoms with Crippen molar-refractivity contribution in [2.75, 3.05) is 20.3 Å². The predicted octanol–water partition coefficient (Wildman–Crippen LogP) is 2.91. The van der Waals surface area contributed by atoms with Crippen LogP contribution < -0.4 is 10.6 Å². The van der Waals surface area contributed by atoms with Crippen LogP contribution in [0.5, 0.6) is 0 Å². The van der Waals surface area contributed by atoms with Crippen LogP contribution in [-0.4, -0.2) is 20.3 Å². The van der Waals surface area contributed by atoms with Gasteiger partial charge in [-0.15, -0.1) is 0 Å². The molecule has 102 valence electrons. The van der Waals surface area contributed by atoms with E-state index in [2.05, 4.69) is 57.4 Å². The minimum Gasteiger partial charge on any atom is -0.308 e. The quantitative estimate of drug-likeness (QED) is 0.618. The summed E-state index contributed by atoms with van der Waals surface area (Å²) >= 11 is 0. The number of benzene rings is 1. The van der Waals surface area contributed by atoms with E-state index in [1.807, 2.05) is 7.05 Å². The van der Waals surface area contributed by atoms with E-state index in [1.165, 1.54) is 22.3 Å². The van der Waals surface area contributed by atoms with Gasteiger partial charge in [-0.3, -0.25) is 0 Å². The van der Waals surface area contributed by atoms with Gasteiger partial charge in [0.25, 0.3) is 0 Å². The summed E-state index contributed by atoms with van der Waals surface area (Å²) in [5.74, 6) is 0. The number of hydrogen-bond acceptors (Lipinski definition) is 2. The first-order chi connectivity index (χ1) is 8.36. The molecule has 18 heavy (non-hydrogen) atoms. The zero-order chi connectivity index (χ0) is 13.8. The molecule has 0 aliphatic carbocycles. The highest BCUT2D eigenvalue weighted by atomic mass is 15.0. The molecule has 0 unspecified atom stereocenters. The molecule has 0 bridgehead atoms. The maximum absolute atomic E-state index is 3.37. The van der Waals surface area contributed by atoms with Crippen molar-refractivity contribution in [3.8, 4) is 0 Å². The Morgan fingerprint density at radius 1 is 1.06 bits per heavy atom. The highest BCUT2D eigenvalue weighted by Crippen LogP contribution is 2.26. The smallest absolute Gasteiger partial charge is 0.0451 e.